The first-order valence-corrected chi connectivity index (χ1v) is 17.7. The van der Waals surface area contributed by atoms with Gasteiger partial charge in [0.05, 0.1) is 0 Å². The summed E-state index contributed by atoms with van der Waals surface area (Å²) in [4.78, 5) is 2.47. The number of fused-ring (bicyclic) bond motifs is 8. The van der Waals surface area contributed by atoms with Crippen molar-refractivity contribution in [3.63, 3.8) is 0 Å². The molecule has 0 aliphatic heterocycles. The van der Waals surface area contributed by atoms with Crippen LogP contribution in [0.15, 0.2) is 139 Å². The normalized spacial score (nSPS) is 18.5. The maximum absolute atomic E-state index is 2.47. The average molecular weight is 624 g/mol. The maximum atomic E-state index is 2.47. The van der Waals surface area contributed by atoms with Crippen LogP contribution in [0.5, 0.6) is 0 Å². The van der Waals surface area contributed by atoms with Crippen LogP contribution in [-0.4, -0.2) is 0 Å². The summed E-state index contributed by atoms with van der Waals surface area (Å²) >= 11 is 0. The van der Waals surface area contributed by atoms with Crippen LogP contribution in [0.4, 0.5) is 17.1 Å². The van der Waals surface area contributed by atoms with Gasteiger partial charge in [0, 0.05) is 27.9 Å². The molecular formula is C47H45N. The molecule has 3 aliphatic rings. The molecule has 0 heterocycles. The molecule has 1 unspecified atom stereocenters. The van der Waals surface area contributed by atoms with E-state index in [4.69, 9.17) is 0 Å². The molecule has 0 radical (unpaired) electrons. The molecule has 0 saturated heterocycles. The molecule has 0 bridgehead atoms. The van der Waals surface area contributed by atoms with E-state index < -0.39 is 0 Å². The number of anilines is 3. The van der Waals surface area contributed by atoms with Crippen LogP contribution >= 0.6 is 0 Å². The largest absolute Gasteiger partial charge is 0.310 e. The van der Waals surface area contributed by atoms with E-state index in [1.807, 2.05) is 0 Å². The van der Waals surface area contributed by atoms with Crippen LogP contribution in [-0.2, 0) is 10.8 Å². The molecule has 0 fully saturated rings. The summed E-state index contributed by atoms with van der Waals surface area (Å²) in [5.74, 6) is 0. The van der Waals surface area contributed by atoms with Crippen molar-refractivity contribution in [2.75, 3.05) is 4.90 Å². The molecule has 1 nitrogen and oxygen atoms in total. The van der Waals surface area contributed by atoms with E-state index in [0.29, 0.717) is 0 Å². The molecule has 0 N–H and O–H groups in total. The Morgan fingerprint density at radius 2 is 1.21 bits per heavy atom. The number of hydrogen-bond donors (Lipinski definition) is 0. The highest BCUT2D eigenvalue weighted by Crippen LogP contribution is 2.59. The summed E-state index contributed by atoms with van der Waals surface area (Å²) in [6, 6.07) is 41.5. The second-order valence-electron chi connectivity index (χ2n) is 14.5. The van der Waals surface area contributed by atoms with Gasteiger partial charge in [-0.25, -0.2) is 0 Å². The first-order chi connectivity index (χ1) is 23.3. The molecule has 0 aromatic heterocycles. The predicted molar refractivity (Wildman–Crippen MR) is 206 cm³/mol. The zero-order valence-electron chi connectivity index (χ0n) is 29.0. The van der Waals surface area contributed by atoms with Crippen molar-refractivity contribution >= 4 is 23.1 Å². The molecule has 0 saturated carbocycles. The number of hydrogen-bond acceptors (Lipinski definition) is 1. The van der Waals surface area contributed by atoms with Gasteiger partial charge >= 0.3 is 0 Å². The molecule has 5 aromatic carbocycles. The van der Waals surface area contributed by atoms with Crippen molar-refractivity contribution in [1.82, 2.24) is 0 Å². The molecule has 238 valence electrons. The van der Waals surface area contributed by atoms with E-state index in [1.165, 1.54) is 72.7 Å². The summed E-state index contributed by atoms with van der Waals surface area (Å²) < 4.78 is 0. The minimum absolute atomic E-state index is 0.0103. The molecule has 3 aliphatic carbocycles. The number of benzene rings is 5. The van der Waals surface area contributed by atoms with E-state index in [1.54, 1.807) is 5.57 Å². The Morgan fingerprint density at radius 3 is 1.94 bits per heavy atom. The van der Waals surface area contributed by atoms with Crippen molar-refractivity contribution in [3.8, 4) is 22.3 Å². The van der Waals surface area contributed by atoms with E-state index >= 15 is 0 Å². The smallest absolute Gasteiger partial charge is 0.0468 e. The number of nitrogens with zero attached hydrogens (tertiary/aromatic N) is 1. The summed E-state index contributed by atoms with van der Waals surface area (Å²) in [5.41, 5.74) is 19.0. The SMILES string of the molecule is C/C=C\CC/C=C/c1ccc(N(c2ccc3c(c2)-c2ccccc2C32CCC(C)=C2C)c2ccc3c(c2)C(C)(C)c2ccccc2-3)cc1. The van der Waals surface area contributed by atoms with Gasteiger partial charge in [0.2, 0.25) is 0 Å². The third-order valence-corrected chi connectivity index (χ3v) is 11.6. The van der Waals surface area contributed by atoms with E-state index in [-0.39, 0.29) is 10.8 Å². The molecule has 48 heavy (non-hydrogen) atoms. The summed E-state index contributed by atoms with van der Waals surface area (Å²) in [5, 5.41) is 0. The van der Waals surface area contributed by atoms with Crippen LogP contribution in [0.25, 0.3) is 28.3 Å². The minimum Gasteiger partial charge on any atom is -0.310 e. The number of rotatable bonds is 7. The third-order valence-electron chi connectivity index (χ3n) is 11.6. The minimum atomic E-state index is -0.0668. The summed E-state index contributed by atoms with van der Waals surface area (Å²) in [7, 11) is 0. The van der Waals surface area contributed by atoms with Gasteiger partial charge in [-0.05, 0) is 133 Å². The highest BCUT2D eigenvalue weighted by Gasteiger charge is 2.47. The Kier molecular flexibility index (Phi) is 7.40. The average Bonchev–Trinajstić information content (AvgIpc) is 3.66. The molecular weight excluding hydrogens is 579 g/mol. The van der Waals surface area contributed by atoms with Crippen molar-refractivity contribution in [2.24, 2.45) is 0 Å². The Labute approximate surface area is 287 Å². The van der Waals surface area contributed by atoms with Gasteiger partial charge in [-0.3, -0.25) is 0 Å². The lowest BCUT2D eigenvalue weighted by Gasteiger charge is -2.31. The predicted octanol–water partition coefficient (Wildman–Crippen LogP) is 13.2. The van der Waals surface area contributed by atoms with Gasteiger partial charge in [0.1, 0.15) is 0 Å². The van der Waals surface area contributed by atoms with Crippen LogP contribution < -0.4 is 4.90 Å². The van der Waals surface area contributed by atoms with Gasteiger partial charge < -0.3 is 4.90 Å². The first kappa shape index (κ1) is 30.5. The van der Waals surface area contributed by atoms with Crippen LogP contribution in [0.1, 0.15) is 88.1 Å². The van der Waals surface area contributed by atoms with Crippen molar-refractivity contribution in [3.05, 3.63) is 166 Å². The Balaban J connectivity index is 1.27. The van der Waals surface area contributed by atoms with Crippen LogP contribution in [0, 0.1) is 0 Å². The van der Waals surface area contributed by atoms with Crippen molar-refractivity contribution in [2.45, 2.75) is 71.1 Å². The lowest BCUT2D eigenvalue weighted by Crippen LogP contribution is -2.23. The topological polar surface area (TPSA) is 3.24 Å². The fraction of sp³-hybridized carbons (Fsp3) is 0.234. The molecule has 8 rings (SSSR count). The van der Waals surface area contributed by atoms with Crippen molar-refractivity contribution in [1.29, 1.82) is 0 Å². The van der Waals surface area contributed by atoms with Gasteiger partial charge in [0.15, 0.2) is 0 Å². The first-order valence-electron chi connectivity index (χ1n) is 17.7. The number of unbranched alkanes of at least 4 members (excludes halogenated alkanes) is 1. The Bertz CT molecular complexity index is 2140. The van der Waals surface area contributed by atoms with Crippen LogP contribution in [0.2, 0.25) is 0 Å². The second kappa shape index (κ2) is 11.7. The highest BCUT2D eigenvalue weighted by molar-refractivity contribution is 5.90. The van der Waals surface area contributed by atoms with E-state index in [2.05, 4.69) is 173 Å². The zero-order chi connectivity index (χ0) is 33.0. The molecule has 5 aromatic rings. The summed E-state index contributed by atoms with van der Waals surface area (Å²) in [6.07, 6.45) is 13.3. The Morgan fingerprint density at radius 1 is 0.604 bits per heavy atom. The number of allylic oxidation sites excluding steroid dienone is 5. The molecule has 1 spiro atoms. The van der Waals surface area contributed by atoms with Gasteiger partial charge in [-0.1, -0.05) is 122 Å². The molecule has 1 heteroatoms. The standard InChI is InChI=1S/C47H45N/c1-6-7-8-9-10-15-34-20-22-35(23-21-34)48(37-24-26-40-38-16-11-13-18-42(38)46(4,5)45(40)31-37)36-25-27-44-41(30-36)39-17-12-14-19-43(39)47(44)29-28-32(2)33(47)3/h6-7,10-27,30-31H,8-9,28-29H2,1-5H3/b7-6-,15-10+. The van der Waals surface area contributed by atoms with E-state index in [0.717, 1.165) is 25.7 Å². The van der Waals surface area contributed by atoms with Crippen LogP contribution in [0.3, 0.4) is 0 Å². The maximum Gasteiger partial charge on any atom is 0.0468 e. The fourth-order valence-corrected chi connectivity index (χ4v) is 8.88. The zero-order valence-corrected chi connectivity index (χ0v) is 29.0. The highest BCUT2D eigenvalue weighted by atomic mass is 15.1. The lowest BCUT2D eigenvalue weighted by molar-refractivity contribution is 0.608. The van der Waals surface area contributed by atoms with Gasteiger partial charge in [-0.15, -0.1) is 0 Å². The third kappa shape index (κ3) is 4.59. The molecule has 0 amide bonds. The molecule has 1 atom stereocenters. The quantitative estimate of drug-likeness (QED) is 0.129. The van der Waals surface area contributed by atoms with E-state index in [9.17, 15) is 0 Å². The fourth-order valence-electron chi connectivity index (χ4n) is 8.88. The second-order valence-corrected chi connectivity index (χ2v) is 14.5. The Hall–Kier alpha value is -4.88. The van der Waals surface area contributed by atoms with Crippen molar-refractivity contribution < 1.29 is 0 Å². The monoisotopic (exact) mass is 623 g/mol. The van der Waals surface area contributed by atoms with Gasteiger partial charge in [0.25, 0.3) is 0 Å². The lowest BCUT2D eigenvalue weighted by atomic mass is 9.73. The summed E-state index contributed by atoms with van der Waals surface area (Å²) in [6.45, 7) is 11.5. The van der Waals surface area contributed by atoms with Gasteiger partial charge in [-0.2, -0.15) is 0 Å².